The van der Waals surface area contributed by atoms with Crippen LogP contribution in [0.3, 0.4) is 0 Å². The van der Waals surface area contributed by atoms with Crippen LogP contribution in [0, 0.1) is 0 Å². The van der Waals surface area contributed by atoms with Crippen molar-refractivity contribution in [2.75, 3.05) is 13.1 Å². The van der Waals surface area contributed by atoms with Crippen molar-refractivity contribution in [1.82, 2.24) is 10.6 Å². The van der Waals surface area contributed by atoms with Crippen LogP contribution in [-0.4, -0.2) is 36.4 Å². The predicted octanol–water partition coefficient (Wildman–Crippen LogP) is -0.149. The van der Waals surface area contributed by atoms with Crippen molar-refractivity contribution in [3.05, 3.63) is 0 Å². The second-order valence-electron chi connectivity index (χ2n) is 4.03. The van der Waals surface area contributed by atoms with E-state index in [1.54, 1.807) is 0 Å². The van der Waals surface area contributed by atoms with E-state index in [1.165, 1.54) is 19.3 Å². The molecule has 1 saturated carbocycles. The lowest BCUT2D eigenvalue weighted by Gasteiger charge is -2.27. The Morgan fingerprint density at radius 1 is 1.42 bits per heavy atom. The Kier molecular flexibility index (Phi) is 2.63. The Bertz CT molecular complexity index is 147. The van der Waals surface area contributed by atoms with E-state index in [0.29, 0.717) is 6.04 Å². The third-order valence-electron chi connectivity index (χ3n) is 2.96. The first-order valence-corrected chi connectivity index (χ1v) is 4.99. The lowest BCUT2D eigenvalue weighted by atomic mass is 9.93. The maximum absolute atomic E-state index is 9.25. The molecule has 2 rings (SSSR count). The number of aliphatic hydroxyl groups is 1. The van der Waals surface area contributed by atoms with Crippen LogP contribution in [0.4, 0.5) is 0 Å². The lowest BCUT2D eigenvalue weighted by molar-refractivity contribution is 0.192. The number of hydrogen-bond acceptors (Lipinski definition) is 3. The van der Waals surface area contributed by atoms with Gasteiger partial charge in [-0.3, -0.25) is 0 Å². The summed E-state index contributed by atoms with van der Waals surface area (Å²) in [5.41, 5.74) is 0. The van der Waals surface area contributed by atoms with Crippen molar-refractivity contribution in [3.8, 4) is 0 Å². The van der Waals surface area contributed by atoms with Gasteiger partial charge in [-0.05, 0) is 19.3 Å². The molecule has 2 unspecified atom stereocenters. The van der Waals surface area contributed by atoms with Gasteiger partial charge in [-0.15, -0.1) is 0 Å². The van der Waals surface area contributed by atoms with Crippen LogP contribution >= 0.6 is 0 Å². The first-order valence-electron chi connectivity index (χ1n) is 4.99. The van der Waals surface area contributed by atoms with E-state index < -0.39 is 0 Å². The van der Waals surface area contributed by atoms with Crippen LogP contribution in [0.25, 0.3) is 0 Å². The summed E-state index contributed by atoms with van der Waals surface area (Å²) >= 11 is 0. The molecule has 3 N–H and O–H groups in total. The highest BCUT2D eigenvalue weighted by molar-refractivity contribution is 4.85. The minimum atomic E-state index is -0.113. The zero-order valence-electron chi connectivity index (χ0n) is 7.42. The molecule has 3 heteroatoms. The molecular formula is C9H18N2O. The van der Waals surface area contributed by atoms with Gasteiger partial charge >= 0.3 is 0 Å². The third-order valence-corrected chi connectivity index (χ3v) is 2.96. The summed E-state index contributed by atoms with van der Waals surface area (Å²) in [6.45, 7) is 1.80. The van der Waals surface area contributed by atoms with Crippen molar-refractivity contribution >= 4 is 0 Å². The van der Waals surface area contributed by atoms with Crippen molar-refractivity contribution in [3.63, 3.8) is 0 Å². The third kappa shape index (κ3) is 1.97. The minimum absolute atomic E-state index is 0.113. The maximum atomic E-state index is 9.25. The molecular weight excluding hydrogens is 152 g/mol. The molecule has 0 bridgehead atoms. The van der Waals surface area contributed by atoms with Gasteiger partial charge in [0, 0.05) is 25.2 Å². The van der Waals surface area contributed by atoms with Gasteiger partial charge in [0.25, 0.3) is 0 Å². The molecule has 12 heavy (non-hydrogen) atoms. The van der Waals surface area contributed by atoms with Crippen LogP contribution < -0.4 is 10.6 Å². The van der Waals surface area contributed by atoms with Crippen LogP contribution in [0.5, 0.6) is 0 Å². The highest BCUT2D eigenvalue weighted by atomic mass is 16.3. The summed E-state index contributed by atoms with van der Waals surface area (Å²) in [5, 5.41) is 16.1. The van der Waals surface area contributed by atoms with E-state index in [1.807, 2.05) is 0 Å². The first kappa shape index (κ1) is 8.48. The van der Waals surface area contributed by atoms with Gasteiger partial charge in [0.15, 0.2) is 0 Å². The average Bonchev–Trinajstić information content (AvgIpc) is 2.32. The maximum Gasteiger partial charge on any atom is 0.0680 e. The summed E-state index contributed by atoms with van der Waals surface area (Å²) in [6, 6.07) is 1.27. The molecule has 2 fully saturated rings. The highest BCUT2D eigenvalue weighted by Gasteiger charge is 2.23. The largest absolute Gasteiger partial charge is 0.392 e. The van der Waals surface area contributed by atoms with E-state index in [4.69, 9.17) is 0 Å². The highest BCUT2D eigenvalue weighted by Crippen LogP contribution is 2.18. The zero-order valence-corrected chi connectivity index (χ0v) is 7.42. The molecule has 3 nitrogen and oxygen atoms in total. The molecule has 1 heterocycles. The van der Waals surface area contributed by atoms with E-state index in [9.17, 15) is 5.11 Å². The molecule has 2 atom stereocenters. The molecule has 0 aromatic heterocycles. The Balaban J connectivity index is 1.60. The molecule has 0 aromatic rings. The Morgan fingerprint density at radius 2 is 2.25 bits per heavy atom. The van der Waals surface area contributed by atoms with Crippen LogP contribution in [-0.2, 0) is 0 Å². The Hall–Kier alpha value is -0.120. The quantitative estimate of drug-likeness (QED) is 0.552. The van der Waals surface area contributed by atoms with Gasteiger partial charge in [0.2, 0.25) is 0 Å². The average molecular weight is 170 g/mol. The summed E-state index contributed by atoms with van der Waals surface area (Å²) in [4.78, 5) is 0. The fourth-order valence-electron chi connectivity index (χ4n) is 1.87. The zero-order chi connectivity index (χ0) is 8.39. The molecule has 0 spiro atoms. The fourth-order valence-corrected chi connectivity index (χ4v) is 1.87. The molecule has 1 aliphatic carbocycles. The summed E-state index contributed by atoms with van der Waals surface area (Å²) in [6.07, 6.45) is 4.88. The minimum Gasteiger partial charge on any atom is -0.392 e. The SMILES string of the molecule is OC1CNC(CNC2CCC2)C1. The molecule has 70 valence electrons. The Morgan fingerprint density at radius 3 is 2.75 bits per heavy atom. The Labute approximate surface area is 73.5 Å². The molecule has 0 aromatic carbocycles. The molecule has 1 saturated heterocycles. The van der Waals surface area contributed by atoms with Crippen LogP contribution in [0.15, 0.2) is 0 Å². The van der Waals surface area contributed by atoms with Gasteiger partial charge < -0.3 is 15.7 Å². The second-order valence-corrected chi connectivity index (χ2v) is 4.03. The topological polar surface area (TPSA) is 44.3 Å². The second kappa shape index (κ2) is 3.73. The summed E-state index contributed by atoms with van der Waals surface area (Å²) in [5.74, 6) is 0. The van der Waals surface area contributed by atoms with Crippen LogP contribution in [0.1, 0.15) is 25.7 Å². The van der Waals surface area contributed by atoms with Crippen molar-refractivity contribution < 1.29 is 5.11 Å². The van der Waals surface area contributed by atoms with Gasteiger partial charge in [-0.2, -0.15) is 0 Å². The predicted molar refractivity (Wildman–Crippen MR) is 48.1 cm³/mol. The van der Waals surface area contributed by atoms with E-state index >= 15 is 0 Å². The van der Waals surface area contributed by atoms with Crippen molar-refractivity contribution in [2.45, 2.75) is 43.9 Å². The van der Waals surface area contributed by atoms with Gasteiger partial charge in [0.05, 0.1) is 6.10 Å². The monoisotopic (exact) mass is 170 g/mol. The van der Waals surface area contributed by atoms with Gasteiger partial charge in [-0.1, -0.05) is 6.42 Å². The van der Waals surface area contributed by atoms with Gasteiger partial charge in [0.1, 0.15) is 0 Å². The number of rotatable bonds is 3. The van der Waals surface area contributed by atoms with Crippen LogP contribution in [0.2, 0.25) is 0 Å². The normalized spacial score (nSPS) is 36.8. The van der Waals surface area contributed by atoms with E-state index in [0.717, 1.165) is 25.6 Å². The van der Waals surface area contributed by atoms with E-state index in [2.05, 4.69) is 10.6 Å². The first-order chi connectivity index (χ1) is 5.84. The van der Waals surface area contributed by atoms with Crippen molar-refractivity contribution in [1.29, 1.82) is 0 Å². The van der Waals surface area contributed by atoms with Crippen molar-refractivity contribution in [2.24, 2.45) is 0 Å². The number of aliphatic hydroxyl groups excluding tert-OH is 1. The summed E-state index contributed by atoms with van der Waals surface area (Å²) in [7, 11) is 0. The molecule has 1 aliphatic heterocycles. The standard InChI is InChI=1S/C9H18N2O/c12-9-4-8(11-6-9)5-10-7-2-1-3-7/h7-12H,1-6H2. The molecule has 2 aliphatic rings. The number of β-amino-alcohol motifs (C(OH)–C–C–N with tert-alkyl or cyclic N) is 1. The number of hydrogen-bond donors (Lipinski definition) is 3. The smallest absolute Gasteiger partial charge is 0.0680 e. The van der Waals surface area contributed by atoms with E-state index in [-0.39, 0.29) is 6.10 Å². The molecule has 0 amide bonds. The fraction of sp³-hybridized carbons (Fsp3) is 1.00. The molecule has 0 radical (unpaired) electrons. The van der Waals surface area contributed by atoms with Gasteiger partial charge in [-0.25, -0.2) is 0 Å². The summed E-state index contributed by atoms with van der Waals surface area (Å²) < 4.78 is 0. The lowest BCUT2D eigenvalue weighted by Crippen LogP contribution is -2.42. The number of nitrogens with one attached hydrogen (secondary N) is 2.